The molecule has 0 bridgehead atoms. The van der Waals surface area contributed by atoms with Crippen molar-refractivity contribution in [2.24, 2.45) is 0 Å². The molecule has 0 radical (unpaired) electrons. The minimum atomic E-state index is -3.98. The van der Waals surface area contributed by atoms with Crippen molar-refractivity contribution in [1.29, 1.82) is 0 Å². The number of aromatic nitrogens is 2. The molecule has 2 heterocycles. The first-order chi connectivity index (χ1) is 17.4. The highest BCUT2D eigenvalue weighted by atomic mass is 35.5. The van der Waals surface area contributed by atoms with Crippen molar-refractivity contribution in [3.63, 3.8) is 0 Å². The smallest absolute Gasteiger partial charge is 0.269 e. The summed E-state index contributed by atoms with van der Waals surface area (Å²) in [6.45, 7) is -0.206. The summed E-state index contributed by atoms with van der Waals surface area (Å²) >= 11 is 8.69. The van der Waals surface area contributed by atoms with E-state index in [1.165, 1.54) is 51.7 Å². The molecular weight excluding hydrogens is 540 g/mol. The topological polar surface area (TPSA) is 101 Å². The molecule has 0 aliphatic carbocycles. The van der Waals surface area contributed by atoms with Crippen LogP contribution in [0.5, 0.6) is 5.75 Å². The maximum absolute atomic E-state index is 13.5. The number of rotatable bonds is 7. The Morgan fingerprint density at radius 2 is 1.78 bits per heavy atom. The zero-order valence-electron chi connectivity index (χ0n) is 18.6. The summed E-state index contributed by atoms with van der Waals surface area (Å²) in [4.78, 5) is 13.1. The molecule has 12 heteroatoms. The second-order valence-electron chi connectivity index (χ2n) is 7.70. The van der Waals surface area contributed by atoms with Gasteiger partial charge in [-0.2, -0.15) is 0 Å². The lowest BCUT2D eigenvalue weighted by atomic mass is 10.2. The Morgan fingerprint density at radius 3 is 2.56 bits per heavy atom. The van der Waals surface area contributed by atoms with Gasteiger partial charge in [0.1, 0.15) is 5.75 Å². The lowest BCUT2D eigenvalue weighted by Crippen LogP contribution is -2.48. The molecule has 1 aromatic heterocycles. The zero-order valence-corrected chi connectivity index (χ0v) is 21.8. The summed E-state index contributed by atoms with van der Waals surface area (Å²) in [5.74, 6) is 0.498. The van der Waals surface area contributed by atoms with Crippen molar-refractivity contribution in [3.05, 3.63) is 89.4 Å². The van der Waals surface area contributed by atoms with Crippen LogP contribution in [0.3, 0.4) is 0 Å². The summed E-state index contributed by atoms with van der Waals surface area (Å²) in [6, 6.07) is 22.5. The lowest BCUT2D eigenvalue weighted by Gasteiger charge is -2.34. The van der Waals surface area contributed by atoms with E-state index in [0.717, 1.165) is 11.3 Å². The Morgan fingerprint density at radius 1 is 1.06 bits per heavy atom. The standard InChI is InChI=1S/C24H19ClN4O4S3/c25-17-10-12-18(13-11-17)36(31,32)29-14-21(33-20-9-5-4-8-19(20)29)22(30)26-23-27-28-24(35-23)34-15-16-6-2-1-3-7-16/h1-13,21H,14-15H2,(H,26,27,30)/t21-/m0/s1. The van der Waals surface area contributed by atoms with Crippen LogP contribution in [-0.4, -0.2) is 37.2 Å². The molecule has 1 aliphatic heterocycles. The van der Waals surface area contributed by atoms with Gasteiger partial charge in [-0.25, -0.2) is 8.42 Å². The molecule has 0 spiro atoms. The number of nitrogens with one attached hydrogen (secondary N) is 1. The van der Waals surface area contributed by atoms with Crippen LogP contribution in [0, 0.1) is 0 Å². The number of nitrogens with zero attached hydrogens (tertiary/aromatic N) is 3. The van der Waals surface area contributed by atoms with Crippen molar-refractivity contribution in [2.45, 2.75) is 21.1 Å². The number of anilines is 2. The Labute approximate surface area is 221 Å². The fourth-order valence-corrected chi connectivity index (χ4v) is 6.84. The fraction of sp³-hybridized carbons (Fsp3) is 0.125. The highest BCUT2D eigenvalue weighted by molar-refractivity contribution is 8.00. The molecule has 1 amide bonds. The Balaban J connectivity index is 1.32. The molecule has 0 saturated carbocycles. The molecule has 1 N–H and O–H groups in total. The third kappa shape index (κ3) is 5.34. The number of halogens is 1. The number of hydrogen-bond acceptors (Lipinski definition) is 8. The molecule has 0 fully saturated rings. The SMILES string of the molecule is O=C(Nc1nnc(SCc2ccccc2)s1)[C@@H]1CN(S(=O)(=O)c2ccc(Cl)cc2)c2ccccc2O1. The van der Waals surface area contributed by atoms with Gasteiger partial charge >= 0.3 is 0 Å². The van der Waals surface area contributed by atoms with E-state index < -0.39 is 22.0 Å². The number of fused-ring (bicyclic) bond motifs is 1. The van der Waals surface area contributed by atoms with Crippen LogP contribution in [0.4, 0.5) is 10.8 Å². The van der Waals surface area contributed by atoms with E-state index >= 15 is 0 Å². The second kappa shape index (κ2) is 10.5. The van der Waals surface area contributed by atoms with Crippen molar-refractivity contribution in [3.8, 4) is 5.75 Å². The number of para-hydroxylation sites is 2. The minimum Gasteiger partial charge on any atom is -0.476 e. The van der Waals surface area contributed by atoms with Gasteiger partial charge in [-0.1, -0.05) is 77.2 Å². The van der Waals surface area contributed by atoms with Crippen molar-refractivity contribution in [2.75, 3.05) is 16.2 Å². The summed E-state index contributed by atoms with van der Waals surface area (Å²) in [6.07, 6.45) is -1.09. The lowest BCUT2D eigenvalue weighted by molar-refractivity contribution is -0.122. The van der Waals surface area contributed by atoms with Crippen molar-refractivity contribution in [1.82, 2.24) is 10.2 Å². The predicted octanol–water partition coefficient (Wildman–Crippen LogP) is 5.08. The minimum absolute atomic E-state index is 0.0620. The first-order valence-corrected chi connectivity index (χ1v) is 14.4. The van der Waals surface area contributed by atoms with Crippen LogP contribution in [0.1, 0.15) is 5.56 Å². The normalized spacial score (nSPS) is 15.1. The number of carbonyl (C=O) groups excluding carboxylic acids is 1. The van der Waals surface area contributed by atoms with Crippen LogP contribution in [-0.2, 0) is 20.6 Å². The number of carbonyl (C=O) groups is 1. The van der Waals surface area contributed by atoms with E-state index in [1.807, 2.05) is 30.3 Å². The van der Waals surface area contributed by atoms with E-state index in [0.29, 0.717) is 20.2 Å². The molecule has 0 saturated heterocycles. The van der Waals surface area contributed by atoms with E-state index in [2.05, 4.69) is 15.5 Å². The van der Waals surface area contributed by atoms with Gasteiger partial charge in [0, 0.05) is 10.8 Å². The van der Waals surface area contributed by atoms with Crippen LogP contribution >= 0.6 is 34.7 Å². The van der Waals surface area contributed by atoms with E-state index in [-0.39, 0.29) is 17.2 Å². The second-order valence-corrected chi connectivity index (χ2v) is 12.2. The maximum Gasteiger partial charge on any atom is 0.269 e. The van der Waals surface area contributed by atoms with Crippen LogP contribution < -0.4 is 14.4 Å². The van der Waals surface area contributed by atoms with Gasteiger partial charge < -0.3 is 4.74 Å². The highest BCUT2D eigenvalue weighted by Gasteiger charge is 2.37. The van der Waals surface area contributed by atoms with Crippen LogP contribution in [0.15, 0.2) is 88.1 Å². The molecule has 36 heavy (non-hydrogen) atoms. The molecule has 1 aliphatic rings. The number of sulfonamides is 1. The summed E-state index contributed by atoms with van der Waals surface area (Å²) < 4.78 is 34.7. The number of ether oxygens (including phenoxy) is 1. The molecule has 184 valence electrons. The monoisotopic (exact) mass is 558 g/mol. The Kier molecular flexibility index (Phi) is 7.15. The number of benzene rings is 3. The number of thioether (sulfide) groups is 1. The van der Waals surface area contributed by atoms with Crippen LogP contribution in [0.2, 0.25) is 5.02 Å². The Hall–Kier alpha value is -3.12. The molecule has 3 aromatic carbocycles. The third-order valence-corrected chi connectivity index (χ3v) is 9.36. The third-order valence-electron chi connectivity index (χ3n) is 5.27. The van der Waals surface area contributed by atoms with Crippen molar-refractivity contribution >= 4 is 61.4 Å². The van der Waals surface area contributed by atoms with E-state index in [9.17, 15) is 13.2 Å². The molecule has 5 rings (SSSR count). The van der Waals surface area contributed by atoms with E-state index in [1.54, 1.807) is 24.3 Å². The average molecular weight is 559 g/mol. The average Bonchev–Trinajstić information content (AvgIpc) is 3.34. The van der Waals surface area contributed by atoms with Gasteiger partial charge in [0.15, 0.2) is 10.4 Å². The summed E-state index contributed by atoms with van der Waals surface area (Å²) in [5, 5.41) is 11.6. The first kappa shape index (κ1) is 24.6. The molecule has 8 nitrogen and oxygen atoms in total. The zero-order chi connectivity index (χ0) is 25.1. The van der Waals surface area contributed by atoms with Gasteiger partial charge in [0.25, 0.3) is 15.9 Å². The van der Waals surface area contributed by atoms with Gasteiger partial charge in [0.2, 0.25) is 5.13 Å². The van der Waals surface area contributed by atoms with E-state index in [4.69, 9.17) is 16.3 Å². The van der Waals surface area contributed by atoms with Gasteiger partial charge in [-0.05, 0) is 42.0 Å². The summed E-state index contributed by atoms with van der Waals surface area (Å²) in [5.41, 5.74) is 1.51. The Bertz CT molecular complexity index is 1480. The number of hydrogen-bond donors (Lipinski definition) is 1. The van der Waals surface area contributed by atoms with Crippen LogP contribution in [0.25, 0.3) is 0 Å². The molecular formula is C24H19ClN4O4S3. The molecule has 1 atom stereocenters. The molecule has 4 aromatic rings. The van der Waals surface area contributed by atoms with Gasteiger partial charge in [0.05, 0.1) is 17.1 Å². The predicted molar refractivity (Wildman–Crippen MR) is 141 cm³/mol. The maximum atomic E-state index is 13.5. The fourth-order valence-electron chi connectivity index (χ4n) is 3.52. The summed E-state index contributed by atoms with van der Waals surface area (Å²) in [7, 11) is -3.98. The quantitative estimate of drug-likeness (QED) is 0.249. The first-order valence-electron chi connectivity index (χ1n) is 10.8. The number of amides is 1. The molecule has 0 unspecified atom stereocenters. The van der Waals surface area contributed by atoms with Gasteiger partial charge in [-0.15, -0.1) is 10.2 Å². The van der Waals surface area contributed by atoms with Gasteiger partial charge in [-0.3, -0.25) is 14.4 Å². The van der Waals surface area contributed by atoms with Crippen molar-refractivity contribution < 1.29 is 17.9 Å². The highest BCUT2D eigenvalue weighted by Crippen LogP contribution is 2.37. The largest absolute Gasteiger partial charge is 0.476 e.